The summed E-state index contributed by atoms with van der Waals surface area (Å²) in [5.74, 6) is -0.836. The van der Waals surface area contributed by atoms with E-state index in [-0.39, 0.29) is 26.1 Å². The minimum atomic E-state index is -1.60. The van der Waals surface area contributed by atoms with Crippen molar-refractivity contribution in [2.24, 2.45) is 0 Å². The molecule has 1 aliphatic rings. The third kappa shape index (κ3) is 31.2. The van der Waals surface area contributed by atoms with Crippen molar-refractivity contribution >= 4 is 11.9 Å². The molecule has 0 radical (unpaired) electrons. The maximum absolute atomic E-state index is 12.8. The fourth-order valence-corrected chi connectivity index (χ4v) is 6.89. The van der Waals surface area contributed by atoms with E-state index in [1.165, 1.54) is 89.9 Å². The summed E-state index contributed by atoms with van der Waals surface area (Å²) in [5.41, 5.74) is 0. The van der Waals surface area contributed by atoms with Crippen LogP contribution in [0.5, 0.6) is 0 Å². The number of carbonyl (C=O) groups excluding carboxylic acids is 2. The van der Waals surface area contributed by atoms with Crippen LogP contribution in [-0.4, -0.2) is 89.0 Å². The molecule has 0 aromatic heterocycles. The molecule has 1 fully saturated rings. The Bertz CT molecular complexity index is 1100. The van der Waals surface area contributed by atoms with Crippen molar-refractivity contribution in [3.8, 4) is 0 Å². The molecule has 59 heavy (non-hydrogen) atoms. The van der Waals surface area contributed by atoms with Crippen molar-refractivity contribution in [3.63, 3.8) is 0 Å². The van der Waals surface area contributed by atoms with Gasteiger partial charge in [-0.2, -0.15) is 0 Å². The largest absolute Gasteiger partial charge is 0.462 e. The quantitative estimate of drug-likeness (QED) is 0.0267. The van der Waals surface area contributed by atoms with E-state index < -0.39 is 55.4 Å². The number of hydrogen-bond donors (Lipinski definition) is 4. The van der Waals surface area contributed by atoms with Gasteiger partial charge < -0.3 is 39.4 Å². The van der Waals surface area contributed by atoms with Gasteiger partial charge in [-0.05, 0) is 77.0 Å². The minimum absolute atomic E-state index is 0.219. The number of aliphatic hydroxyl groups excluding tert-OH is 4. The van der Waals surface area contributed by atoms with Crippen molar-refractivity contribution in [3.05, 3.63) is 48.6 Å². The molecule has 0 amide bonds. The number of ether oxygens (including phenoxy) is 4. The molecule has 1 heterocycles. The van der Waals surface area contributed by atoms with Crippen LogP contribution in [0.15, 0.2) is 48.6 Å². The first-order valence-electron chi connectivity index (χ1n) is 23.7. The van der Waals surface area contributed by atoms with Crippen molar-refractivity contribution in [2.75, 3.05) is 19.8 Å². The van der Waals surface area contributed by atoms with E-state index in [4.69, 9.17) is 18.9 Å². The van der Waals surface area contributed by atoms with Gasteiger partial charge in [0.2, 0.25) is 0 Å². The van der Waals surface area contributed by atoms with Gasteiger partial charge in [-0.25, -0.2) is 0 Å². The Labute approximate surface area is 358 Å². The van der Waals surface area contributed by atoms with Crippen LogP contribution in [0, 0.1) is 0 Å². The molecule has 2 unspecified atom stereocenters. The zero-order valence-corrected chi connectivity index (χ0v) is 37.2. The molecule has 1 aliphatic heterocycles. The van der Waals surface area contributed by atoms with Crippen LogP contribution in [0.25, 0.3) is 0 Å². The van der Waals surface area contributed by atoms with Gasteiger partial charge in [-0.15, -0.1) is 0 Å². The number of rotatable bonds is 39. The normalized spacial score (nSPS) is 20.4. The maximum Gasteiger partial charge on any atom is 0.306 e. The number of carbonyl (C=O) groups is 2. The van der Waals surface area contributed by atoms with Crippen LogP contribution >= 0.6 is 0 Å². The van der Waals surface area contributed by atoms with Gasteiger partial charge >= 0.3 is 11.9 Å². The van der Waals surface area contributed by atoms with Gasteiger partial charge in [0.15, 0.2) is 12.4 Å². The van der Waals surface area contributed by atoms with Crippen molar-refractivity contribution in [2.45, 2.75) is 230 Å². The summed E-state index contributed by atoms with van der Waals surface area (Å²) < 4.78 is 22.2. The molecule has 6 atom stereocenters. The van der Waals surface area contributed by atoms with Crippen molar-refractivity contribution in [1.82, 2.24) is 0 Å². The average molecular weight is 835 g/mol. The average Bonchev–Trinajstić information content (AvgIpc) is 3.23. The Morgan fingerprint density at radius 1 is 0.525 bits per heavy atom. The molecule has 0 aliphatic carbocycles. The second-order valence-corrected chi connectivity index (χ2v) is 16.2. The van der Waals surface area contributed by atoms with Crippen LogP contribution < -0.4 is 0 Å². The third-order valence-electron chi connectivity index (χ3n) is 10.7. The Morgan fingerprint density at radius 2 is 0.949 bits per heavy atom. The van der Waals surface area contributed by atoms with Gasteiger partial charge in [0.25, 0.3) is 0 Å². The van der Waals surface area contributed by atoms with Crippen LogP contribution in [0.1, 0.15) is 194 Å². The number of aliphatic hydroxyl groups is 4. The third-order valence-corrected chi connectivity index (χ3v) is 10.7. The Morgan fingerprint density at radius 3 is 1.47 bits per heavy atom. The van der Waals surface area contributed by atoms with Crippen LogP contribution in [-0.2, 0) is 28.5 Å². The van der Waals surface area contributed by atoms with Gasteiger partial charge in [-0.1, -0.05) is 152 Å². The summed E-state index contributed by atoms with van der Waals surface area (Å²) in [6.07, 6.45) is 39.7. The summed E-state index contributed by atoms with van der Waals surface area (Å²) in [6.45, 7) is 3.37. The lowest BCUT2D eigenvalue weighted by atomic mass is 9.99. The van der Waals surface area contributed by atoms with E-state index in [2.05, 4.69) is 62.5 Å². The molecular weight excluding hydrogens is 749 g/mol. The van der Waals surface area contributed by atoms with Gasteiger partial charge in [0.05, 0.1) is 13.2 Å². The van der Waals surface area contributed by atoms with E-state index in [1.54, 1.807) is 0 Å². The zero-order chi connectivity index (χ0) is 43.0. The first-order chi connectivity index (χ1) is 28.8. The Kier molecular flexibility index (Phi) is 36.9. The summed E-state index contributed by atoms with van der Waals surface area (Å²) in [4.78, 5) is 25.4. The van der Waals surface area contributed by atoms with Crippen LogP contribution in [0.4, 0.5) is 0 Å². The summed E-state index contributed by atoms with van der Waals surface area (Å²) in [6, 6.07) is 0. The molecule has 342 valence electrons. The lowest BCUT2D eigenvalue weighted by molar-refractivity contribution is -0.305. The van der Waals surface area contributed by atoms with Gasteiger partial charge in [0, 0.05) is 12.8 Å². The highest BCUT2D eigenvalue weighted by molar-refractivity contribution is 5.70. The Hall–Kier alpha value is -2.34. The van der Waals surface area contributed by atoms with E-state index in [1.807, 2.05) is 0 Å². The summed E-state index contributed by atoms with van der Waals surface area (Å²) in [5, 5.41) is 40.1. The zero-order valence-electron chi connectivity index (χ0n) is 37.2. The molecule has 0 spiro atoms. The van der Waals surface area contributed by atoms with E-state index >= 15 is 0 Å². The molecule has 10 heteroatoms. The predicted octanol–water partition coefficient (Wildman–Crippen LogP) is 10.4. The molecule has 0 bridgehead atoms. The summed E-state index contributed by atoms with van der Waals surface area (Å²) in [7, 11) is 0. The number of hydrogen-bond acceptors (Lipinski definition) is 10. The second-order valence-electron chi connectivity index (χ2n) is 16.2. The molecule has 1 rings (SSSR count). The highest BCUT2D eigenvalue weighted by Gasteiger charge is 2.44. The second kappa shape index (κ2) is 39.8. The molecule has 10 nitrogen and oxygen atoms in total. The van der Waals surface area contributed by atoms with Gasteiger partial charge in [-0.3, -0.25) is 9.59 Å². The topological polar surface area (TPSA) is 152 Å². The number of unbranched alkanes of at least 4 members (excludes halogenated alkanes) is 20. The molecule has 0 saturated carbocycles. The molecule has 4 N–H and O–H groups in total. The fraction of sp³-hybridized carbons (Fsp3) is 0.796. The maximum atomic E-state index is 12.8. The molecular formula is C49H86O10. The smallest absolute Gasteiger partial charge is 0.306 e. The van der Waals surface area contributed by atoms with Crippen molar-refractivity contribution < 1.29 is 49.0 Å². The standard InChI is InChI=1S/C49H86O10/c1-3-5-7-9-11-13-15-17-19-21-23-25-27-29-31-33-35-37-44(51)56-40-42(41-57-49-48(55)47(54)46(53)43(39-50)59-49)58-45(52)38-36-34-32-30-28-26-24-22-20-18-16-14-12-10-8-6-4-2/h11,13,17-20,23,25,42-43,46-50,53-55H,3-10,12,14-16,21-22,24,26-41H2,1-2H3/b13-11+,19-17+,20-18+,25-23+/t42-,43-,46+,47?,48?,49-/m0/s1. The lowest BCUT2D eigenvalue weighted by Crippen LogP contribution is -2.59. The minimum Gasteiger partial charge on any atom is -0.462 e. The molecule has 1 saturated heterocycles. The van der Waals surface area contributed by atoms with Crippen LogP contribution in [0.3, 0.4) is 0 Å². The molecule has 0 aromatic rings. The van der Waals surface area contributed by atoms with Crippen molar-refractivity contribution in [1.29, 1.82) is 0 Å². The lowest BCUT2D eigenvalue weighted by Gasteiger charge is -2.39. The summed E-state index contributed by atoms with van der Waals surface area (Å²) >= 11 is 0. The highest BCUT2D eigenvalue weighted by Crippen LogP contribution is 2.22. The van der Waals surface area contributed by atoms with Gasteiger partial charge in [0.1, 0.15) is 31.0 Å². The van der Waals surface area contributed by atoms with E-state index in [0.29, 0.717) is 12.8 Å². The van der Waals surface area contributed by atoms with Crippen LogP contribution in [0.2, 0.25) is 0 Å². The van der Waals surface area contributed by atoms with E-state index in [9.17, 15) is 30.0 Å². The fourth-order valence-electron chi connectivity index (χ4n) is 6.89. The SMILES string of the molecule is CCCCC/C=C/C/C=C/C/C=C/CCCCCCC(=O)OC[C@@H](CO[C@H]1O[C@@H](CO)[C@@H](O)C(O)C1O)OC(=O)CCCCCCCCC/C=C/CCCCCCCC. The Balaban J connectivity index is 2.33. The number of allylic oxidation sites excluding steroid dienone is 8. The first-order valence-corrected chi connectivity index (χ1v) is 23.7. The number of esters is 2. The highest BCUT2D eigenvalue weighted by atomic mass is 16.7. The monoisotopic (exact) mass is 835 g/mol. The molecule has 0 aromatic carbocycles. The predicted molar refractivity (Wildman–Crippen MR) is 238 cm³/mol. The first kappa shape index (κ1) is 54.7. The van der Waals surface area contributed by atoms with E-state index in [0.717, 1.165) is 64.2 Å².